The monoisotopic (exact) mass is 209 g/mol. The molecule has 0 radical (unpaired) electrons. The van der Waals surface area contributed by atoms with Gasteiger partial charge in [-0.25, -0.2) is 0 Å². The van der Waals surface area contributed by atoms with Crippen molar-refractivity contribution in [2.75, 3.05) is 5.75 Å². The van der Waals surface area contributed by atoms with Crippen LogP contribution in [0.2, 0.25) is 0 Å². The van der Waals surface area contributed by atoms with Gasteiger partial charge < -0.3 is 5.73 Å². The van der Waals surface area contributed by atoms with Crippen molar-refractivity contribution in [2.24, 2.45) is 11.7 Å². The van der Waals surface area contributed by atoms with Crippen molar-refractivity contribution in [2.45, 2.75) is 31.7 Å². The molecule has 0 saturated heterocycles. The van der Waals surface area contributed by atoms with Crippen molar-refractivity contribution in [3.05, 3.63) is 29.8 Å². The normalized spacial score (nSPS) is 13.2. The maximum absolute atomic E-state index is 5.78. The third-order valence-corrected chi connectivity index (χ3v) is 3.43. The summed E-state index contributed by atoms with van der Waals surface area (Å²) in [6.45, 7) is 6.49. The summed E-state index contributed by atoms with van der Waals surface area (Å²) < 4.78 is 0. The van der Waals surface area contributed by atoms with Gasteiger partial charge in [0.15, 0.2) is 0 Å². The first kappa shape index (κ1) is 11.6. The van der Waals surface area contributed by atoms with Crippen LogP contribution in [0.25, 0.3) is 0 Å². The fourth-order valence-corrected chi connectivity index (χ4v) is 1.98. The van der Waals surface area contributed by atoms with Gasteiger partial charge in [-0.05, 0) is 30.5 Å². The highest BCUT2D eigenvalue weighted by molar-refractivity contribution is 7.99. The fourth-order valence-electron chi connectivity index (χ4n) is 1.13. The van der Waals surface area contributed by atoms with Crippen molar-refractivity contribution >= 4 is 11.8 Å². The zero-order valence-corrected chi connectivity index (χ0v) is 9.97. The van der Waals surface area contributed by atoms with Gasteiger partial charge in [0, 0.05) is 16.7 Å². The van der Waals surface area contributed by atoms with E-state index in [4.69, 9.17) is 5.73 Å². The van der Waals surface area contributed by atoms with E-state index in [0.29, 0.717) is 0 Å². The highest BCUT2D eigenvalue weighted by atomic mass is 32.2. The summed E-state index contributed by atoms with van der Waals surface area (Å²) in [6.07, 6.45) is 0. The molecule has 0 bridgehead atoms. The predicted octanol–water partition coefficient (Wildman–Crippen LogP) is 3.45. The van der Waals surface area contributed by atoms with E-state index >= 15 is 0 Å². The third-order valence-electron chi connectivity index (χ3n) is 1.99. The van der Waals surface area contributed by atoms with E-state index in [1.54, 1.807) is 0 Å². The fraction of sp³-hybridized carbons (Fsp3) is 0.500. The summed E-state index contributed by atoms with van der Waals surface area (Å²) in [7, 11) is 0. The molecule has 2 heteroatoms. The number of thioether (sulfide) groups is 1. The molecule has 0 saturated carbocycles. The molecule has 0 aliphatic heterocycles. The number of benzene rings is 1. The molecule has 2 N–H and O–H groups in total. The Kier molecular flexibility index (Phi) is 4.49. The lowest BCUT2D eigenvalue weighted by Crippen LogP contribution is -2.04. The highest BCUT2D eigenvalue weighted by Gasteiger charge is 2.00. The van der Waals surface area contributed by atoms with Crippen LogP contribution < -0.4 is 5.73 Å². The van der Waals surface area contributed by atoms with Crippen LogP contribution >= 0.6 is 11.8 Å². The van der Waals surface area contributed by atoms with Crippen molar-refractivity contribution < 1.29 is 0 Å². The Balaban J connectivity index is 2.55. The third kappa shape index (κ3) is 3.72. The van der Waals surface area contributed by atoms with Crippen LogP contribution in [0.3, 0.4) is 0 Å². The van der Waals surface area contributed by atoms with Gasteiger partial charge in [0.1, 0.15) is 0 Å². The standard InChI is InChI=1S/C12H19NS/c1-9(2)8-14-12-6-4-11(5-7-12)10(3)13/h4-7,9-10H,8,13H2,1-3H3/t10-/m1/s1. The molecule has 0 heterocycles. The molecule has 14 heavy (non-hydrogen) atoms. The minimum atomic E-state index is 0.138. The Labute approximate surface area is 91.1 Å². The largest absolute Gasteiger partial charge is 0.324 e. The Morgan fingerprint density at radius 3 is 2.14 bits per heavy atom. The van der Waals surface area contributed by atoms with Gasteiger partial charge >= 0.3 is 0 Å². The maximum atomic E-state index is 5.78. The van der Waals surface area contributed by atoms with Crippen LogP contribution in [0.5, 0.6) is 0 Å². The van der Waals surface area contributed by atoms with Crippen LogP contribution in [0, 0.1) is 5.92 Å². The smallest absolute Gasteiger partial charge is 0.0266 e. The first-order valence-electron chi connectivity index (χ1n) is 5.08. The van der Waals surface area contributed by atoms with E-state index in [0.717, 1.165) is 5.92 Å². The van der Waals surface area contributed by atoms with E-state index in [9.17, 15) is 0 Å². The molecule has 0 amide bonds. The van der Waals surface area contributed by atoms with E-state index in [1.165, 1.54) is 16.2 Å². The van der Waals surface area contributed by atoms with Crippen molar-refractivity contribution in [3.8, 4) is 0 Å². The zero-order valence-electron chi connectivity index (χ0n) is 9.16. The zero-order chi connectivity index (χ0) is 10.6. The summed E-state index contributed by atoms with van der Waals surface area (Å²) in [4.78, 5) is 1.34. The van der Waals surface area contributed by atoms with E-state index in [1.807, 2.05) is 18.7 Å². The summed E-state index contributed by atoms with van der Waals surface area (Å²) in [5, 5.41) is 0. The minimum Gasteiger partial charge on any atom is -0.324 e. The Morgan fingerprint density at radius 2 is 1.71 bits per heavy atom. The molecule has 0 fully saturated rings. The average Bonchev–Trinajstić information content (AvgIpc) is 2.15. The van der Waals surface area contributed by atoms with Gasteiger partial charge in [0.25, 0.3) is 0 Å². The molecule has 1 atom stereocenters. The van der Waals surface area contributed by atoms with Crippen molar-refractivity contribution in [1.82, 2.24) is 0 Å². The second-order valence-corrected chi connectivity index (χ2v) is 5.16. The van der Waals surface area contributed by atoms with E-state index < -0.39 is 0 Å². The Hall–Kier alpha value is -0.470. The Bertz CT molecular complexity index is 264. The molecule has 1 aromatic rings. The van der Waals surface area contributed by atoms with Gasteiger partial charge in [-0.15, -0.1) is 11.8 Å². The number of hydrogen-bond acceptors (Lipinski definition) is 2. The number of rotatable bonds is 4. The molecule has 0 unspecified atom stereocenters. The molecule has 0 aliphatic carbocycles. The first-order valence-corrected chi connectivity index (χ1v) is 6.06. The molecule has 1 rings (SSSR count). The predicted molar refractivity (Wildman–Crippen MR) is 64.6 cm³/mol. The lowest BCUT2D eigenvalue weighted by Gasteiger charge is -2.07. The first-order chi connectivity index (χ1) is 6.59. The van der Waals surface area contributed by atoms with Crippen LogP contribution in [-0.4, -0.2) is 5.75 Å². The van der Waals surface area contributed by atoms with E-state index in [2.05, 4.69) is 38.1 Å². The highest BCUT2D eigenvalue weighted by Crippen LogP contribution is 2.22. The molecule has 0 spiro atoms. The lowest BCUT2D eigenvalue weighted by atomic mass is 10.1. The van der Waals surface area contributed by atoms with Crippen molar-refractivity contribution in [3.63, 3.8) is 0 Å². The van der Waals surface area contributed by atoms with Crippen LogP contribution in [0.4, 0.5) is 0 Å². The summed E-state index contributed by atoms with van der Waals surface area (Å²) in [6, 6.07) is 8.69. The van der Waals surface area contributed by atoms with Gasteiger partial charge in [-0.1, -0.05) is 26.0 Å². The molecule has 1 nitrogen and oxygen atoms in total. The van der Waals surface area contributed by atoms with Gasteiger partial charge in [0.05, 0.1) is 0 Å². The molecule has 1 aromatic carbocycles. The Morgan fingerprint density at radius 1 is 1.14 bits per heavy atom. The summed E-state index contributed by atoms with van der Waals surface area (Å²) >= 11 is 1.91. The number of hydrogen-bond donors (Lipinski definition) is 1. The van der Waals surface area contributed by atoms with Gasteiger partial charge in [-0.3, -0.25) is 0 Å². The van der Waals surface area contributed by atoms with Gasteiger partial charge in [0.2, 0.25) is 0 Å². The summed E-state index contributed by atoms with van der Waals surface area (Å²) in [5.74, 6) is 1.92. The SMILES string of the molecule is CC(C)CSc1ccc([C@@H](C)N)cc1. The van der Waals surface area contributed by atoms with Crippen LogP contribution in [-0.2, 0) is 0 Å². The number of nitrogens with two attached hydrogens (primary N) is 1. The van der Waals surface area contributed by atoms with Gasteiger partial charge in [-0.2, -0.15) is 0 Å². The molecule has 78 valence electrons. The second kappa shape index (κ2) is 5.42. The maximum Gasteiger partial charge on any atom is 0.0266 e. The molecule has 0 aliphatic rings. The molecular formula is C12H19NS. The minimum absolute atomic E-state index is 0.138. The quantitative estimate of drug-likeness (QED) is 0.769. The van der Waals surface area contributed by atoms with Crippen LogP contribution in [0.15, 0.2) is 29.2 Å². The van der Waals surface area contributed by atoms with Crippen molar-refractivity contribution in [1.29, 1.82) is 0 Å². The second-order valence-electron chi connectivity index (χ2n) is 4.06. The average molecular weight is 209 g/mol. The van der Waals surface area contributed by atoms with E-state index in [-0.39, 0.29) is 6.04 Å². The molecule has 0 aromatic heterocycles. The topological polar surface area (TPSA) is 26.0 Å². The molecular weight excluding hydrogens is 190 g/mol. The summed E-state index contributed by atoms with van der Waals surface area (Å²) in [5.41, 5.74) is 6.99. The lowest BCUT2D eigenvalue weighted by molar-refractivity contribution is 0.750. The van der Waals surface area contributed by atoms with Crippen LogP contribution in [0.1, 0.15) is 32.4 Å².